The summed E-state index contributed by atoms with van der Waals surface area (Å²) < 4.78 is 0. The molecule has 144 valence electrons. The molecule has 0 unspecified atom stereocenters. The molecule has 4 heteroatoms. The quantitative estimate of drug-likeness (QED) is 0.416. The van der Waals surface area contributed by atoms with Gasteiger partial charge in [0.1, 0.15) is 5.65 Å². The molecule has 29 heavy (non-hydrogen) atoms. The number of carbonyl (C=O) groups excluding carboxylic acids is 1. The van der Waals surface area contributed by atoms with Gasteiger partial charge in [-0.3, -0.25) is 4.79 Å². The van der Waals surface area contributed by atoms with Crippen LogP contribution in [-0.4, -0.2) is 15.9 Å². The van der Waals surface area contributed by atoms with Crippen LogP contribution in [0.1, 0.15) is 30.9 Å². The van der Waals surface area contributed by atoms with Gasteiger partial charge in [-0.1, -0.05) is 44.2 Å². The summed E-state index contributed by atoms with van der Waals surface area (Å²) in [5.41, 5.74) is 5.96. The van der Waals surface area contributed by atoms with Gasteiger partial charge in [0.15, 0.2) is 0 Å². The third kappa shape index (κ3) is 4.43. The lowest BCUT2D eigenvalue weighted by molar-refractivity contribution is -0.111. The fraction of sp³-hybridized carbons (Fsp3) is 0.120. The normalized spacial score (nSPS) is 11.4. The smallest absolute Gasteiger partial charge is 0.248 e. The molecule has 4 nitrogen and oxygen atoms in total. The van der Waals surface area contributed by atoms with Crippen LogP contribution >= 0.6 is 0 Å². The predicted molar refractivity (Wildman–Crippen MR) is 120 cm³/mol. The molecule has 0 radical (unpaired) electrons. The summed E-state index contributed by atoms with van der Waals surface area (Å²) in [5.74, 6) is 0.275. The minimum atomic E-state index is -0.147. The van der Waals surface area contributed by atoms with E-state index in [0.29, 0.717) is 5.92 Å². The number of H-pyrrole nitrogens is 1. The molecule has 2 N–H and O–H groups in total. The molecule has 4 rings (SSSR count). The monoisotopic (exact) mass is 381 g/mol. The topological polar surface area (TPSA) is 57.8 Å². The number of fused-ring (bicyclic) bond motifs is 1. The van der Waals surface area contributed by atoms with Crippen LogP contribution in [0.4, 0.5) is 5.69 Å². The zero-order chi connectivity index (χ0) is 20.2. The Balaban J connectivity index is 1.49. The Bertz CT molecular complexity index is 1190. The van der Waals surface area contributed by atoms with Gasteiger partial charge in [-0.15, -0.1) is 0 Å². The van der Waals surface area contributed by atoms with E-state index >= 15 is 0 Å². The van der Waals surface area contributed by atoms with E-state index in [1.807, 2.05) is 60.9 Å². The van der Waals surface area contributed by atoms with E-state index in [-0.39, 0.29) is 5.91 Å². The van der Waals surface area contributed by atoms with Crippen LogP contribution in [-0.2, 0) is 4.79 Å². The van der Waals surface area contributed by atoms with Crippen molar-refractivity contribution in [3.05, 3.63) is 90.3 Å². The van der Waals surface area contributed by atoms with Crippen LogP contribution in [0.3, 0.4) is 0 Å². The van der Waals surface area contributed by atoms with Crippen molar-refractivity contribution in [1.29, 1.82) is 0 Å². The van der Waals surface area contributed by atoms with Crippen LogP contribution in [0.5, 0.6) is 0 Å². The number of rotatable bonds is 5. The average molecular weight is 381 g/mol. The van der Waals surface area contributed by atoms with Crippen LogP contribution in [0.2, 0.25) is 0 Å². The second kappa shape index (κ2) is 8.15. The fourth-order valence-electron chi connectivity index (χ4n) is 3.25. The second-order valence-corrected chi connectivity index (χ2v) is 7.37. The van der Waals surface area contributed by atoms with Crippen molar-refractivity contribution in [3.8, 4) is 11.1 Å². The summed E-state index contributed by atoms with van der Waals surface area (Å²) in [4.78, 5) is 19.9. The van der Waals surface area contributed by atoms with Gasteiger partial charge in [0.25, 0.3) is 0 Å². The van der Waals surface area contributed by atoms with E-state index in [9.17, 15) is 4.79 Å². The molecule has 0 saturated heterocycles. The van der Waals surface area contributed by atoms with Gasteiger partial charge in [-0.25, -0.2) is 4.98 Å². The van der Waals surface area contributed by atoms with Crippen molar-refractivity contribution in [1.82, 2.24) is 9.97 Å². The van der Waals surface area contributed by atoms with E-state index < -0.39 is 0 Å². The van der Waals surface area contributed by atoms with Crippen molar-refractivity contribution in [2.24, 2.45) is 0 Å². The SMILES string of the molecule is CC(C)c1cccc(NC(=O)C=Cc2cccc(-c3cnc4[nH]ccc4c3)c2)c1. The molecule has 0 saturated carbocycles. The molecule has 0 aliphatic heterocycles. The van der Waals surface area contributed by atoms with Gasteiger partial charge in [0, 0.05) is 35.1 Å². The molecular formula is C25H23N3O. The average Bonchev–Trinajstić information content (AvgIpc) is 3.20. The Kier molecular flexibility index (Phi) is 5.25. The standard InChI is InChI=1S/C25H23N3O/c1-17(2)19-6-4-8-23(15-19)28-24(29)10-9-18-5-3-7-20(13-18)22-14-21-11-12-26-25(21)27-16-22/h3-17H,1-2H3,(H,26,27)(H,28,29). The number of amides is 1. The molecule has 2 aromatic heterocycles. The van der Waals surface area contributed by atoms with Crippen molar-refractivity contribution in [3.63, 3.8) is 0 Å². The Hall–Kier alpha value is -3.66. The molecule has 0 fully saturated rings. The largest absolute Gasteiger partial charge is 0.346 e. The first-order valence-electron chi connectivity index (χ1n) is 9.71. The molecule has 4 aromatic rings. The highest BCUT2D eigenvalue weighted by molar-refractivity contribution is 6.02. The Morgan fingerprint density at radius 1 is 1.03 bits per heavy atom. The molecule has 2 aromatic carbocycles. The Morgan fingerprint density at radius 2 is 1.90 bits per heavy atom. The lowest BCUT2D eigenvalue weighted by Gasteiger charge is -2.08. The first-order chi connectivity index (χ1) is 14.1. The number of carbonyl (C=O) groups is 1. The first kappa shape index (κ1) is 18.7. The molecule has 0 spiro atoms. The van der Waals surface area contributed by atoms with Gasteiger partial charge >= 0.3 is 0 Å². The molecular weight excluding hydrogens is 358 g/mol. The lowest BCUT2D eigenvalue weighted by Crippen LogP contribution is -2.08. The van der Waals surface area contributed by atoms with E-state index in [0.717, 1.165) is 33.4 Å². The molecule has 0 aliphatic rings. The van der Waals surface area contributed by atoms with Crippen molar-refractivity contribution in [2.75, 3.05) is 5.32 Å². The number of anilines is 1. The van der Waals surface area contributed by atoms with Crippen molar-refractivity contribution in [2.45, 2.75) is 19.8 Å². The fourth-order valence-corrected chi connectivity index (χ4v) is 3.25. The molecule has 0 atom stereocenters. The number of hydrogen-bond donors (Lipinski definition) is 2. The van der Waals surface area contributed by atoms with Gasteiger partial charge in [-0.2, -0.15) is 0 Å². The van der Waals surface area contributed by atoms with Crippen molar-refractivity contribution >= 4 is 28.7 Å². The zero-order valence-electron chi connectivity index (χ0n) is 16.5. The molecule has 2 heterocycles. The summed E-state index contributed by atoms with van der Waals surface area (Å²) in [7, 11) is 0. The zero-order valence-corrected chi connectivity index (χ0v) is 16.5. The minimum absolute atomic E-state index is 0.147. The number of aromatic amines is 1. The van der Waals surface area contributed by atoms with Gasteiger partial charge in [0.2, 0.25) is 5.91 Å². The minimum Gasteiger partial charge on any atom is -0.346 e. The highest BCUT2D eigenvalue weighted by atomic mass is 16.1. The molecule has 0 bridgehead atoms. The van der Waals surface area contributed by atoms with E-state index in [4.69, 9.17) is 0 Å². The predicted octanol–water partition coefficient (Wildman–Crippen LogP) is 6.01. The highest BCUT2D eigenvalue weighted by Crippen LogP contribution is 2.24. The van der Waals surface area contributed by atoms with Gasteiger partial charge in [0.05, 0.1) is 0 Å². The number of nitrogens with zero attached hydrogens (tertiary/aromatic N) is 1. The third-order valence-corrected chi connectivity index (χ3v) is 4.87. The number of aromatic nitrogens is 2. The van der Waals surface area contributed by atoms with E-state index in [1.54, 1.807) is 6.08 Å². The summed E-state index contributed by atoms with van der Waals surface area (Å²) >= 11 is 0. The van der Waals surface area contributed by atoms with Crippen molar-refractivity contribution < 1.29 is 4.79 Å². The maximum absolute atomic E-state index is 12.3. The number of nitrogens with one attached hydrogen (secondary N) is 2. The third-order valence-electron chi connectivity index (χ3n) is 4.87. The highest BCUT2D eigenvalue weighted by Gasteiger charge is 2.04. The Labute approximate surface area is 170 Å². The van der Waals surface area contributed by atoms with E-state index in [2.05, 4.69) is 47.3 Å². The van der Waals surface area contributed by atoms with Crippen LogP contribution < -0.4 is 5.32 Å². The maximum atomic E-state index is 12.3. The molecule has 0 aliphatic carbocycles. The second-order valence-electron chi connectivity index (χ2n) is 7.37. The van der Waals surface area contributed by atoms with Crippen LogP contribution in [0, 0.1) is 0 Å². The Morgan fingerprint density at radius 3 is 2.76 bits per heavy atom. The van der Waals surface area contributed by atoms with E-state index in [1.165, 1.54) is 5.56 Å². The van der Waals surface area contributed by atoms with Crippen LogP contribution in [0.25, 0.3) is 28.2 Å². The van der Waals surface area contributed by atoms with Crippen LogP contribution in [0.15, 0.2) is 79.1 Å². The summed E-state index contributed by atoms with van der Waals surface area (Å²) in [5, 5.41) is 4.01. The number of benzene rings is 2. The maximum Gasteiger partial charge on any atom is 0.248 e. The summed E-state index contributed by atoms with van der Waals surface area (Å²) in [6.45, 7) is 4.27. The molecule has 1 amide bonds. The number of pyridine rings is 1. The number of hydrogen-bond acceptors (Lipinski definition) is 2. The lowest BCUT2D eigenvalue weighted by atomic mass is 10.0. The van der Waals surface area contributed by atoms with Gasteiger partial charge in [-0.05, 0) is 59.0 Å². The first-order valence-corrected chi connectivity index (χ1v) is 9.71. The summed E-state index contributed by atoms with van der Waals surface area (Å²) in [6, 6.07) is 20.1. The summed E-state index contributed by atoms with van der Waals surface area (Å²) in [6.07, 6.45) is 7.13. The van der Waals surface area contributed by atoms with Gasteiger partial charge < -0.3 is 10.3 Å².